The van der Waals surface area contributed by atoms with E-state index in [9.17, 15) is 14.2 Å². The number of nitrogens with two attached hydrogens (primary N) is 3. The van der Waals surface area contributed by atoms with Crippen LogP contribution in [-0.2, 0) is 44.0 Å². The van der Waals surface area contributed by atoms with E-state index in [2.05, 4.69) is 15.0 Å². The lowest BCUT2D eigenvalue weighted by atomic mass is 10.1. The second-order valence-electron chi connectivity index (χ2n) is 9.01. The molecular weight excluding hydrogens is 545 g/mol. The van der Waals surface area contributed by atoms with Crippen molar-refractivity contribution in [1.29, 1.82) is 0 Å². The number of carbonyl (C=O) groups is 2. The van der Waals surface area contributed by atoms with Crippen LogP contribution in [0.15, 0.2) is 12.7 Å². The van der Waals surface area contributed by atoms with Crippen molar-refractivity contribution in [2.75, 3.05) is 25.7 Å². The summed E-state index contributed by atoms with van der Waals surface area (Å²) in [6, 6.07) is -1.77. The molecule has 17 heteroatoms. The van der Waals surface area contributed by atoms with E-state index in [0.717, 1.165) is 0 Å². The second kappa shape index (κ2) is 15.3. The van der Waals surface area contributed by atoms with Crippen LogP contribution in [0.2, 0.25) is 0 Å². The average molecular weight is 582 g/mol. The van der Waals surface area contributed by atoms with Gasteiger partial charge in [0.25, 0.3) is 0 Å². The van der Waals surface area contributed by atoms with Crippen LogP contribution in [-0.4, -0.2) is 69.6 Å². The molecule has 0 fully saturated rings. The first-order valence-corrected chi connectivity index (χ1v) is 13.3. The molecule has 2 heterocycles. The van der Waals surface area contributed by atoms with Crippen LogP contribution in [0.3, 0.4) is 0 Å². The highest BCUT2D eigenvalue weighted by Gasteiger charge is 2.30. The molecule has 216 valence electrons. The van der Waals surface area contributed by atoms with E-state index in [1.165, 1.54) is 12.7 Å². The third-order valence-electron chi connectivity index (χ3n) is 5.28. The number of ether oxygens (including phenoxy) is 3. The Hall–Kier alpha value is -2.39. The van der Waals surface area contributed by atoms with E-state index in [1.54, 1.807) is 39.2 Å². The van der Waals surface area contributed by atoms with Gasteiger partial charge in [0.1, 0.15) is 30.3 Å². The zero-order chi connectivity index (χ0) is 27.8. The fourth-order valence-corrected chi connectivity index (χ4v) is 3.85. The van der Waals surface area contributed by atoms with Crippen LogP contribution in [0.4, 0.5) is 5.82 Å². The highest BCUT2D eigenvalue weighted by atomic mass is 35.5. The van der Waals surface area contributed by atoms with Crippen LogP contribution < -0.4 is 17.2 Å². The van der Waals surface area contributed by atoms with Crippen LogP contribution in [0.1, 0.15) is 34.6 Å². The number of imidazole rings is 1. The Morgan fingerprint density at radius 3 is 1.97 bits per heavy atom. The number of esters is 2. The fraction of sp³-hybridized carbons (Fsp3) is 0.667. The molecule has 0 amide bonds. The molecule has 0 bridgehead atoms. The minimum absolute atomic E-state index is 0. The van der Waals surface area contributed by atoms with Gasteiger partial charge in [-0.3, -0.25) is 23.2 Å². The largest absolute Gasteiger partial charge is 0.437 e. The van der Waals surface area contributed by atoms with Crippen molar-refractivity contribution in [2.45, 2.75) is 59.4 Å². The SMILES string of the molecule is CC(C)[C@H](N)C(=O)OCOP(=O)(CO[C@H](C)Cn1cnc2c(N)ncnc21)OCOC(=O)[C@@H](N)C(C)C.Cl. The van der Waals surface area contributed by atoms with Crippen LogP contribution in [0.5, 0.6) is 0 Å². The lowest BCUT2D eigenvalue weighted by Crippen LogP contribution is -2.37. The Kier molecular flexibility index (Phi) is 13.5. The maximum absolute atomic E-state index is 13.3. The lowest BCUT2D eigenvalue weighted by molar-refractivity contribution is -0.155. The van der Waals surface area contributed by atoms with Crippen molar-refractivity contribution < 1.29 is 37.4 Å². The number of nitrogen functional groups attached to an aromatic ring is 1. The molecule has 2 aromatic rings. The van der Waals surface area contributed by atoms with Crippen molar-refractivity contribution in [1.82, 2.24) is 19.5 Å². The van der Waals surface area contributed by atoms with Gasteiger partial charge in [-0.15, -0.1) is 12.4 Å². The van der Waals surface area contributed by atoms with Crippen LogP contribution in [0, 0.1) is 11.8 Å². The molecule has 0 radical (unpaired) electrons. The lowest BCUT2D eigenvalue weighted by Gasteiger charge is -2.22. The summed E-state index contributed by atoms with van der Waals surface area (Å²) in [4.78, 5) is 36.2. The number of carbonyl (C=O) groups excluding carboxylic acids is 2. The quantitative estimate of drug-likeness (QED) is 0.154. The van der Waals surface area contributed by atoms with Crippen molar-refractivity contribution >= 4 is 48.9 Å². The predicted octanol–water partition coefficient (Wildman–Crippen LogP) is 1.39. The molecule has 6 N–H and O–H groups in total. The molecule has 0 saturated heterocycles. The number of halogens is 1. The van der Waals surface area contributed by atoms with E-state index < -0.39 is 57.7 Å². The van der Waals surface area contributed by atoms with Gasteiger partial charge in [-0.25, -0.2) is 15.0 Å². The van der Waals surface area contributed by atoms with Gasteiger partial charge in [0, 0.05) is 0 Å². The minimum Gasteiger partial charge on any atom is -0.437 e. The second-order valence-corrected chi connectivity index (χ2v) is 11.0. The van der Waals surface area contributed by atoms with Gasteiger partial charge in [-0.2, -0.15) is 0 Å². The van der Waals surface area contributed by atoms with E-state index in [4.69, 9.17) is 40.5 Å². The minimum atomic E-state index is -4.07. The van der Waals surface area contributed by atoms with Gasteiger partial charge >= 0.3 is 19.5 Å². The summed E-state index contributed by atoms with van der Waals surface area (Å²) >= 11 is 0. The van der Waals surface area contributed by atoms with Crippen molar-refractivity contribution in [2.24, 2.45) is 23.3 Å². The van der Waals surface area contributed by atoms with Gasteiger partial charge < -0.3 is 36.0 Å². The summed E-state index contributed by atoms with van der Waals surface area (Å²) < 4.78 is 41.0. The molecule has 0 unspecified atom stereocenters. The first-order valence-electron chi connectivity index (χ1n) is 11.6. The smallest absolute Gasteiger partial charge is 0.361 e. The normalized spacial score (nSPS) is 14.2. The summed E-state index contributed by atoms with van der Waals surface area (Å²) in [6.07, 6.45) is 1.77. The number of rotatable bonds is 15. The molecule has 0 aromatic carbocycles. The molecule has 15 nitrogen and oxygen atoms in total. The van der Waals surface area contributed by atoms with Gasteiger partial charge in [0.05, 0.1) is 19.0 Å². The number of hydrogen-bond donors (Lipinski definition) is 3. The molecular formula is C21H37ClN7O8P. The number of hydrogen-bond acceptors (Lipinski definition) is 14. The Morgan fingerprint density at radius 2 is 1.47 bits per heavy atom. The highest BCUT2D eigenvalue weighted by molar-refractivity contribution is 7.53. The first kappa shape index (κ1) is 33.6. The molecule has 3 atom stereocenters. The molecule has 0 aliphatic heterocycles. The van der Waals surface area contributed by atoms with Crippen molar-refractivity contribution in [3.8, 4) is 0 Å². The molecule has 0 saturated carbocycles. The number of fused-ring (bicyclic) bond motifs is 1. The standard InChI is InChI=1S/C21H36N7O8P.ClH/c1-12(2)15(22)20(29)32-9-35-37(31,36-10-33-21(30)16(23)13(3)4)11-34-14(5)6-28-8-27-17-18(24)25-7-26-19(17)28;/h7-8,12-16H,6,9-11,22-23H2,1-5H3,(H2,24,25,26);1H/t14-,15+,16+;/m1./s1. The molecule has 0 aliphatic rings. The average Bonchev–Trinajstić information content (AvgIpc) is 3.25. The molecule has 0 aliphatic carbocycles. The summed E-state index contributed by atoms with van der Waals surface area (Å²) in [5.41, 5.74) is 18.2. The zero-order valence-electron chi connectivity index (χ0n) is 22.0. The van der Waals surface area contributed by atoms with Gasteiger partial charge in [-0.1, -0.05) is 27.7 Å². The van der Waals surface area contributed by atoms with Gasteiger partial charge in [0.15, 0.2) is 11.5 Å². The third-order valence-corrected chi connectivity index (χ3v) is 6.75. The van der Waals surface area contributed by atoms with E-state index in [1.807, 2.05) is 0 Å². The molecule has 0 spiro atoms. The molecule has 2 rings (SSSR count). The number of aromatic nitrogens is 4. The number of nitrogens with zero attached hydrogens (tertiary/aromatic N) is 4. The van der Waals surface area contributed by atoms with E-state index >= 15 is 0 Å². The van der Waals surface area contributed by atoms with E-state index in [0.29, 0.717) is 11.2 Å². The maximum Gasteiger partial charge on any atom is 0.361 e. The zero-order valence-corrected chi connectivity index (χ0v) is 23.7. The van der Waals surface area contributed by atoms with Crippen LogP contribution >= 0.6 is 20.0 Å². The summed E-state index contributed by atoms with van der Waals surface area (Å²) in [6.45, 7) is 7.54. The summed E-state index contributed by atoms with van der Waals surface area (Å²) in [5.74, 6) is -1.59. The summed E-state index contributed by atoms with van der Waals surface area (Å²) in [5, 5.41) is 0. The first-order chi connectivity index (χ1) is 17.3. The monoisotopic (exact) mass is 581 g/mol. The van der Waals surface area contributed by atoms with Crippen molar-refractivity contribution in [3.63, 3.8) is 0 Å². The van der Waals surface area contributed by atoms with Gasteiger partial charge in [-0.05, 0) is 18.8 Å². The van der Waals surface area contributed by atoms with Gasteiger partial charge in [0.2, 0.25) is 13.6 Å². The number of anilines is 1. The Bertz CT molecular complexity index is 1070. The Labute approximate surface area is 227 Å². The summed E-state index contributed by atoms with van der Waals surface area (Å²) in [7, 11) is -4.07. The predicted molar refractivity (Wildman–Crippen MR) is 140 cm³/mol. The fourth-order valence-electron chi connectivity index (χ4n) is 2.76. The van der Waals surface area contributed by atoms with Crippen molar-refractivity contribution in [3.05, 3.63) is 12.7 Å². The van der Waals surface area contributed by atoms with E-state index in [-0.39, 0.29) is 36.6 Å². The maximum atomic E-state index is 13.3. The Balaban J connectivity index is 0.00000722. The van der Waals surface area contributed by atoms with Crippen LogP contribution in [0.25, 0.3) is 11.2 Å². The highest BCUT2D eigenvalue weighted by Crippen LogP contribution is 2.48. The molecule has 2 aromatic heterocycles. The third kappa shape index (κ3) is 9.73. The molecule has 38 heavy (non-hydrogen) atoms. The topological polar surface area (TPSA) is 219 Å². The Morgan fingerprint density at radius 1 is 0.947 bits per heavy atom.